The van der Waals surface area contributed by atoms with Crippen molar-refractivity contribution in [2.75, 3.05) is 25.0 Å². The minimum atomic E-state index is -0.474. The third-order valence-electron chi connectivity index (χ3n) is 5.84. The summed E-state index contributed by atoms with van der Waals surface area (Å²) in [5, 5.41) is 4.06. The van der Waals surface area contributed by atoms with Gasteiger partial charge in [0.1, 0.15) is 4.88 Å². The summed E-state index contributed by atoms with van der Waals surface area (Å²) in [5.74, 6) is -0.859. The van der Waals surface area contributed by atoms with Crippen LogP contribution in [0.1, 0.15) is 22.5 Å². The summed E-state index contributed by atoms with van der Waals surface area (Å²) in [6.07, 6.45) is 1.18. The summed E-state index contributed by atoms with van der Waals surface area (Å²) >= 11 is 3.04. The van der Waals surface area contributed by atoms with Gasteiger partial charge >= 0.3 is 5.97 Å². The van der Waals surface area contributed by atoms with Crippen LogP contribution in [0.4, 0.5) is 5.69 Å². The van der Waals surface area contributed by atoms with Gasteiger partial charge in [0.25, 0.3) is 5.91 Å². The number of hydrogen-bond acceptors (Lipinski definition) is 6. The van der Waals surface area contributed by atoms with Crippen molar-refractivity contribution in [2.45, 2.75) is 12.8 Å². The van der Waals surface area contributed by atoms with E-state index < -0.39 is 5.97 Å². The van der Waals surface area contributed by atoms with E-state index in [9.17, 15) is 14.4 Å². The van der Waals surface area contributed by atoms with Gasteiger partial charge in [-0.25, -0.2) is 4.79 Å². The average Bonchev–Trinajstić information content (AvgIpc) is 3.41. The Labute approximate surface area is 198 Å². The number of anilines is 1. The number of amides is 2. The van der Waals surface area contributed by atoms with Crippen molar-refractivity contribution in [2.24, 2.45) is 5.92 Å². The molecule has 4 aromatic rings. The Morgan fingerprint density at radius 2 is 1.67 bits per heavy atom. The number of rotatable bonds is 5. The van der Waals surface area contributed by atoms with Gasteiger partial charge in [-0.1, -0.05) is 36.4 Å². The lowest BCUT2D eigenvalue weighted by Crippen LogP contribution is -2.43. The maximum absolute atomic E-state index is 12.6. The highest BCUT2D eigenvalue weighted by Gasteiger charge is 2.28. The molecule has 0 aliphatic carbocycles. The number of para-hydroxylation sites is 1. The topological polar surface area (TPSA) is 75.7 Å². The minimum Gasteiger partial charge on any atom is -0.451 e. The average molecular weight is 479 g/mol. The SMILES string of the molecule is O=C(OCC(=O)N1CCC(C(=O)Nc2ccccc2)CC1)c1cc2sc3ccccc3c2s1. The second-order valence-electron chi connectivity index (χ2n) is 7.99. The van der Waals surface area contributed by atoms with Crippen LogP contribution in [0.2, 0.25) is 0 Å². The highest BCUT2D eigenvalue weighted by molar-refractivity contribution is 7.33. The van der Waals surface area contributed by atoms with Crippen LogP contribution < -0.4 is 5.32 Å². The maximum Gasteiger partial charge on any atom is 0.348 e. The molecule has 0 atom stereocenters. The summed E-state index contributed by atoms with van der Waals surface area (Å²) < 4.78 is 8.63. The van der Waals surface area contributed by atoms with Crippen LogP contribution in [0.3, 0.4) is 0 Å². The number of nitrogens with one attached hydrogen (secondary N) is 1. The first-order valence-electron chi connectivity index (χ1n) is 10.8. The van der Waals surface area contributed by atoms with E-state index in [2.05, 4.69) is 11.4 Å². The van der Waals surface area contributed by atoms with Crippen LogP contribution in [-0.4, -0.2) is 42.4 Å². The highest BCUT2D eigenvalue weighted by atomic mass is 32.1. The molecule has 1 fully saturated rings. The molecule has 5 rings (SSSR count). The lowest BCUT2D eigenvalue weighted by Gasteiger charge is -2.31. The number of ether oxygens (including phenoxy) is 1. The number of likely N-dealkylation sites (tertiary alicyclic amines) is 1. The van der Waals surface area contributed by atoms with Gasteiger partial charge in [0.2, 0.25) is 5.91 Å². The predicted molar refractivity (Wildman–Crippen MR) is 132 cm³/mol. The summed E-state index contributed by atoms with van der Waals surface area (Å²) in [5.41, 5.74) is 0.773. The monoisotopic (exact) mass is 478 g/mol. The second-order valence-corrected chi connectivity index (χ2v) is 10.1. The van der Waals surface area contributed by atoms with E-state index in [1.165, 1.54) is 16.0 Å². The molecule has 3 heterocycles. The van der Waals surface area contributed by atoms with Crippen molar-refractivity contribution in [3.63, 3.8) is 0 Å². The van der Waals surface area contributed by atoms with Gasteiger partial charge < -0.3 is 15.0 Å². The normalized spacial score (nSPS) is 14.5. The van der Waals surface area contributed by atoms with Gasteiger partial charge in [0.05, 0.1) is 4.70 Å². The molecule has 2 amide bonds. The molecule has 1 saturated heterocycles. The fourth-order valence-corrected chi connectivity index (χ4v) is 6.47. The Kier molecular flexibility index (Phi) is 6.11. The van der Waals surface area contributed by atoms with Gasteiger partial charge in [0, 0.05) is 39.5 Å². The van der Waals surface area contributed by atoms with Gasteiger partial charge in [-0.05, 0) is 37.1 Å². The molecule has 0 radical (unpaired) electrons. The maximum atomic E-state index is 12.6. The van der Waals surface area contributed by atoms with Crippen LogP contribution >= 0.6 is 22.7 Å². The molecule has 0 spiro atoms. The third kappa shape index (κ3) is 4.62. The molecule has 1 N–H and O–H groups in total. The first kappa shape index (κ1) is 21.6. The van der Waals surface area contributed by atoms with E-state index in [0.717, 1.165) is 20.5 Å². The van der Waals surface area contributed by atoms with Crippen LogP contribution in [0, 0.1) is 5.92 Å². The molecule has 6 nitrogen and oxygen atoms in total. The molecule has 33 heavy (non-hydrogen) atoms. The number of carbonyl (C=O) groups is 3. The van der Waals surface area contributed by atoms with Crippen LogP contribution in [-0.2, 0) is 14.3 Å². The molecular formula is C25H22N2O4S2. The molecule has 0 unspecified atom stereocenters. The quantitative estimate of drug-likeness (QED) is 0.403. The first-order chi connectivity index (χ1) is 16.1. The molecule has 8 heteroatoms. The number of hydrogen-bond donors (Lipinski definition) is 1. The number of nitrogens with zero attached hydrogens (tertiary/aromatic N) is 1. The number of benzene rings is 2. The van der Waals surface area contributed by atoms with E-state index in [0.29, 0.717) is 30.8 Å². The zero-order valence-electron chi connectivity index (χ0n) is 17.8. The number of piperidine rings is 1. The molecule has 0 bridgehead atoms. The second kappa shape index (κ2) is 9.33. The van der Waals surface area contributed by atoms with Crippen LogP contribution in [0.25, 0.3) is 19.5 Å². The van der Waals surface area contributed by atoms with Crippen molar-refractivity contribution in [1.82, 2.24) is 4.90 Å². The van der Waals surface area contributed by atoms with Crippen molar-refractivity contribution < 1.29 is 19.1 Å². The van der Waals surface area contributed by atoms with Crippen molar-refractivity contribution in [3.8, 4) is 0 Å². The summed E-state index contributed by atoms with van der Waals surface area (Å²) in [7, 11) is 0. The molecule has 1 aliphatic heterocycles. The van der Waals surface area contributed by atoms with E-state index in [1.807, 2.05) is 54.6 Å². The summed E-state index contributed by atoms with van der Waals surface area (Å²) in [6, 6.07) is 19.3. The van der Waals surface area contributed by atoms with E-state index in [1.54, 1.807) is 16.2 Å². The van der Waals surface area contributed by atoms with Gasteiger partial charge in [-0.15, -0.1) is 22.7 Å². The molecule has 2 aromatic carbocycles. The van der Waals surface area contributed by atoms with Crippen LogP contribution in [0.15, 0.2) is 60.7 Å². The lowest BCUT2D eigenvalue weighted by atomic mass is 9.95. The Morgan fingerprint density at radius 1 is 0.939 bits per heavy atom. The van der Waals surface area contributed by atoms with Crippen molar-refractivity contribution in [3.05, 3.63) is 65.5 Å². The number of carbonyl (C=O) groups excluding carboxylic acids is 3. The largest absolute Gasteiger partial charge is 0.451 e. The molecule has 0 saturated carbocycles. The van der Waals surface area contributed by atoms with E-state index >= 15 is 0 Å². The highest BCUT2D eigenvalue weighted by Crippen LogP contribution is 2.39. The lowest BCUT2D eigenvalue weighted by molar-refractivity contribution is -0.137. The molecule has 1 aliphatic rings. The Bertz CT molecular complexity index is 1320. The Balaban J connectivity index is 1.12. The third-order valence-corrected chi connectivity index (χ3v) is 8.23. The number of esters is 1. The smallest absolute Gasteiger partial charge is 0.348 e. The van der Waals surface area contributed by atoms with Gasteiger partial charge in [-0.3, -0.25) is 9.59 Å². The first-order valence-corrected chi connectivity index (χ1v) is 12.4. The predicted octanol–water partition coefficient (Wildman–Crippen LogP) is 5.15. The fraction of sp³-hybridized carbons (Fsp3) is 0.240. The van der Waals surface area contributed by atoms with E-state index in [-0.39, 0.29) is 24.3 Å². The summed E-state index contributed by atoms with van der Waals surface area (Å²) in [6.45, 7) is 0.667. The van der Waals surface area contributed by atoms with Gasteiger partial charge in [-0.2, -0.15) is 0 Å². The zero-order valence-corrected chi connectivity index (χ0v) is 19.4. The summed E-state index contributed by atoms with van der Waals surface area (Å²) in [4.78, 5) is 39.7. The Hall–Kier alpha value is -3.23. The number of thiophene rings is 2. The van der Waals surface area contributed by atoms with Gasteiger partial charge in [0.15, 0.2) is 6.61 Å². The Morgan fingerprint density at radius 3 is 2.45 bits per heavy atom. The number of fused-ring (bicyclic) bond motifs is 3. The zero-order chi connectivity index (χ0) is 22.8. The van der Waals surface area contributed by atoms with E-state index in [4.69, 9.17) is 4.74 Å². The molecule has 2 aromatic heterocycles. The minimum absolute atomic E-state index is 0.0232. The standard InChI is InChI=1S/C25H22N2O4S2/c28-22(27-12-10-16(11-13-27)24(29)26-17-6-2-1-3-7-17)15-31-25(30)21-14-20-23(33-21)18-8-4-5-9-19(18)32-20/h1-9,14,16H,10-13,15H2,(H,26,29). The van der Waals surface area contributed by atoms with Crippen molar-refractivity contribution >= 4 is 65.6 Å². The fourth-order valence-electron chi connectivity index (χ4n) is 4.05. The van der Waals surface area contributed by atoms with Crippen molar-refractivity contribution in [1.29, 1.82) is 0 Å². The molecular weight excluding hydrogens is 456 g/mol. The van der Waals surface area contributed by atoms with Crippen LogP contribution in [0.5, 0.6) is 0 Å². The molecule has 168 valence electrons.